The fourth-order valence-corrected chi connectivity index (χ4v) is 3.92. The molecular weight excluding hydrogens is 620 g/mol. The fourth-order valence-electron chi connectivity index (χ4n) is 3.65. The molecule has 218 valence electrons. The lowest BCUT2D eigenvalue weighted by Gasteiger charge is -2.11. The van der Waals surface area contributed by atoms with Crippen LogP contribution in [0.15, 0.2) is 101 Å². The standard InChI is InChI=1S/C31H25BrN4O7/c1-41-23-14-8-20(9-15-23)31(40)43-26-16-7-19(17-27(26)42-2)18-33-36-30(39)29(38)35-25-6-4-3-5-24(25)28(37)34-22-12-10-21(32)11-13-22/h3-18H,1-2H3,(H,34,37)(H,35,38)(H,36,39)/b33-18+. The smallest absolute Gasteiger partial charge is 0.343 e. The van der Waals surface area contributed by atoms with Gasteiger partial charge in [-0.05, 0) is 84.4 Å². The van der Waals surface area contributed by atoms with E-state index in [1.165, 1.54) is 44.7 Å². The fraction of sp³-hybridized carbons (Fsp3) is 0.0645. The van der Waals surface area contributed by atoms with E-state index in [-0.39, 0.29) is 22.7 Å². The molecule has 0 saturated heterocycles. The quantitative estimate of drug-likeness (QED) is 0.0762. The topological polar surface area (TPSA) is 144 Å². The first-order valence-corrected chi connectivity index (χ1v) is 13.4. The summed E-state index contributed by atoms with van der Waals surface area (Å²) in [5.41, 5.74) is 3.81. The monoisotopic (exact) mass is 644 g/mol. The Bertz CT molecular complexity index is 1670. The van der Waals surface area contributed by atoms with Crippen LogP contribution in [-0.2, 0) is 9.59 Å². The van der Waals surface area contributed by atoms with Gasteiger partial charge in [0.25, 0.3) is 5.91 Å². The molecule has 0 aliphatic carbocycles. The number of ether oxygens (including phenoxy) is 3. The number of nitrogens with zero attached hydrogens (tertiary/aromatic N) is 1. The normalized spacial score (nSPS) is 10.5. The van der Waals surface area contributed by atoms with Crippen molar-refractivity contribution in [2.75, 3.05) is 24.9 Å². The van der Waals surface area contributed by atoms with Gasteiger partial charge in [0, 0.05) is 10.2 Å². The number of amides is 3. The van der Waals surface area contributed by atoms with Crippen LogP contribution in [0.2, 0.25) is 0 Å². The number of carbonyl (C=O) groups excluding carboxylic acids is 4. The molecule has 0 aliphatic rings. The number of esters is 1. The number of hydrogen-bond donors (Lipinski definition) is 3. The third kappa shape index (κ3) is 8.27. The SMILES string of the molecule is COc1ccc(C(=O)Oc2ccc(/C=N/NC(=O)C(=O)Nc3ccccc3C(=O)Nc3ccc(Br)cc3)cc2OC)cc1. The van der Waals surface area contributed by atoms with Crippen molar-refractivity contribution in [3.05, 3.63) is 112 Å². The number of halogens is 1. The van der Waals surface area contributed by atoms with E-state index in [1.807, 2.05) is 0 Å². The molecule has 11 nitrogen and oxygen atoms in total. The van der Waals surface area contributed by atoms with E-state index in [2.05, 4.69) is 37.1 Å². The second kappa shape index (κ2) is 14.4. The molecule has 0 spiro atoms. The van der Waals surface area contributed by atoms with Gasteiger partial charge in [0.2, 0.25) is 0 Å². The van der Waals surface area contributed by atoms with Crippen LogP contribution < -0.4 is 30.3 Å². The molecule has 0 radical (unpaired) electrons. The average molecular weight is 645 g/mol. The zero-order chi connectivity index (χ0) is 30.8. The van der Waals surface area contributed by atoms with Crippen molar-refractivity contribution in [3.63, 3.8) is 0 Å². The summed E-state index contributed by atoms with van der Waals surface area (Å²) < 4.78 is 16.7. The summed E-state index contributed by atoms with van der Waals surface area (Å²) in [5.74, 6) is -2.13. The number of anilines is 2. The maximum Gasteiger partial charge on any atom is 0.343 e. The minimum atomic E-state index is -1.06. The third-order valence-corrected chi connectivity index (χ3v) is 6.35. The number of benzene rings is 4. The van der Waals surface area contributed by atoms with Crippen molar-refractivity contribution in [1.29, 1.82) is 0 Å². The molecule has 12 heteroatoms. The van der Waals surface area contributed by atoms with Crippen molar-refractivity contribution in [2.45, 2.75) is 0 Å². The minimum absolute atomic E-state index is 0.144. The molecule has 0 bridgehead atoms. The Balaban J connectivity index is 1.35. The van der Waals surface area contributed by atoms with Gasteiger partial charge >= 0.3 is 17.8 Å². The Kier molecular flexibility index (Phi) is 10.2. The van der Waals surface area contributed by atoms with Gasteiger partial charge in [-0.1, -0.05) is 28.1 Å². The molecule has 0 saturated carbocycles. The summed E-state index contributed by atoms with van der Waals surface area (Å²) in [4.78, 5) is 50.2. The molecule has 3 N–H and O–H groups in total. The number of rotatable bonds is 9. The number of carbonyl (C=O) groups is 4. The van der Waals surface area contributed by atoms with Crippen LogP contribution in [0, 0.1) is 0 Å². The first-order chi connectivity index (χ1) is 20.8. The van der Waals surface area contributed by atoms with Crippen LogP contribution in [0.1, 0.15) is 26.3 Å². The van der Waals surface area contributed by atoms with E-state index in [0.717, 1.165) is 4.47 Å². The Labute approximate surface area is 255 Å². The highest BCUT2D eigenvalue weighted by Gasteiger charge is 2.18. The molecule has 0 atom stereocenters. The molecule has 0 aliphatic heterocycles. The predicted octanol–water partition coefficient (Wildman–Crippen LogP) is 5.03. The van der Waals surface area contributed by atoms with Crippen LogP contribution in [0.5, 0.6) is 17.2 Å². The molecule has 0 aromatic heterocycles. The lowest BCUT2D eigenvalue weighted by Crippen LogP contribution is -2.33. The second-order valence-corrected chi connectivity index (χ2v) is 9.60. The van der Waals surface area contributed by atoms with Gasteiger partial charge in [0.1, 0.15) is 5.75 Å². The molecule has 4 aromatic carbocycles. The largest absolute Gasteiger partial charge is 0.497 e. The molecule has 4 rings (SSSR count). The molecule has 0 fully saturated rings. The Morgan fingerprint density at radius 1 is 0.767 bits per heavy atom. The summed E-state index contributed by atoms with van der Waals surface area (Å²) in [6.45, 7) is 0. The summed E-state index contributed by atoms with van der Waals surface area (Å²) in [6.07, 6.45) is 1.28. The first kappa shape index (κ1) is 30.5. The molecule has 3 amide bonds. The predicted molar refractivity (Wildman–Crippen MR) is 164 cm³/mol. The van der Waals surface area contributed by atoms with Gasteiger partial charge in [0.05, 0.1) is 37.2 Å². The van der Waals surface area contributed by atoms with Crippen LogP contribution in [-0.4, -0.2) is 44.1 Å². The number of hydrogen-bond acceptors (Lipinski definition) is 8. The van der Waals surface area contributed by atoms with E-state index in [1.54, 1.807) is 66.7 Å². The number of hydrazone groups is 1. The maximum atomic E-state index is 12.8. The highest BCUT2D eigenvalue weighted by atomic mass is 79.9. The van der Waals surface area contributed by atoms with Crippen molar-refractivity contribution >= 4 is 57.2 Å². The second-order valence-electron chi connectivity index (χ2n) is 8.69. The van der Waals surface area contributed by atoms with E-state index in [9.17, 15) is 19.2 Å². The number of para-hydroxylation sites is 1. The van der Waals surface area contributed by atoms with E-state index < -0.39 is 23.7 Å². The van der Waals surface area contributed by atoms with Crippen LogP contribution in [0.3, 0.4) is 0 Å². The molecular formula is C31H25BrN4O7. The molecule has 43 heavy (non-hydrogen) atoms. The molecule has 4 aromatic rings. The highest BCUT2D eigenvalue weighted by Crippen LogP contribution is 2.28. The average Bonchev–Trinajstić information content (AvgIpc) is 3.02. The number of nitrogens with one attached hydrogen (secondary N) is 3. The van der Waals surface area contributed by atoms with Crippen molar-refractivity contribution < 1.29 is 33.4 Å². The summed E-state index contributed by atoms with van der Waals surface area (Å²) in [7, 11) is 2.93. The number of methoxy groups -OCH3 is 2. The van der Waals surface area contributed by atoms with Crippen LogP contribution in [0.4, 0.5) is 11.4 Å². The van der Waals surface area contributed by atoms with Gasteiger partial charge in [-0.2, -0.15) is 5.10 Å². The minimum Gasteiger partial charge on any atom is -0.497 e. The van der Waals surface area contributed by atoms with Crippen LogP contribution >= 0.6 is 15.9 Å². The zero-order valence-electron chi connectivity index (χ0n) is 22.9. The van der Waals surface area contributed by atoms with E-state index in [0.29, 0.717) is 22.6 Å². The van der Waals surface area contributed by atoms with Crippen LogP contribution in [0.25, 0.3) is 0 Å². The maximum absolute atomic E-state index is 12.8. The Morgan fingerprint density at radius 2 is 1.49 bits per heavy atom. The van der Waals surface area contributed by atoms with Crippen molar-refractivity contribution in [1.82, 2.24) is 5.43 Å². The Hall–Kier alpha value is -5.49. The lowest BCUT2D eigenvalue weighted by atomic mass is 10.1. The lowest BCUT2D eigenvalue weighted by molar-refractivity contribution is -0.136. The first-order valence-electron chi connectivity index (χ1n) is 12.6. The molecule has 0 heterocycles. The van der Waals surface area contributed by atoms with E-state index >= 15 is 0 Å². The summed E-state index contributed by atoms with van der Waals surface area (Å²) in [6, 6.07) is 24.3. The van der Waals surface area contributed by atoms with Gasteiger partial charge in [-0.15, -0.1) is 0 Å². The third-order valence-electron chi connectivity index (χ3n) is 5.82. The summed E-state index contributed by atoms with van der Waals surface area (Å²) >= 11 is 3.33. The Morgan fingerprint density at radius 3 is 2.19 bits per heavy atom. The van der Waals surface area contributed by atoms with Gasteiger partial charge in [0.15, 0.2) is 11.5 Å². The molecule has 0 unspecified atom stereocenters. The van der Waals surface area contributed by atoms with Crippen molar-refractivity contribution in [3.8, 4) is 17.2 Å². The van der Waals surface area contributed by atoms with Gasteiger partial charge in [-0.25, -0.2) is 10.2 Å². The van der Waals surface area contributed by atoms with Crippen molar-refractivity contribution in [2.24, 2.45) is 5.10 Å². The van der Waals surface area contributed by atoms with Gasteiger partial charge < -0.3 is 24.8 Å². The summed E-state index contributed by atoms with van der Waals surface area (Å²) in [5, 5.41) is 8.98. The van der Waals surface area contributed by atoms with Gasteiger partial charge in [-0.3, -0.25) is 14.4 Å². The highest BCUT2D eigenvalue weighted by molar-refractivity contribution is 9.10. The van der Waals surface area contributed by atoms with E-state index in [4.69, 9.17) is 14.2 Å². The zero-order valence-corrected chi connectivity index (χ0v) is 24.5.